The molecule has 0 radical (unpaired) electrons. The molecule has 1 fully saturated rings. The molecule has 1 heterocycles. The van der Waals surface area contributed by atoms with E-state index in [9.17, 15) is 0 Å². The van der Waals surface area contributed by atoms with E-state index in [1.54, 1.807) is 0 Å². The fraction of sp³-hybridized carbons (Fsp3) is 0.444. The third-order valence-electron chi connectivity index (χ3n) is 2.17. The summed E-state index contributed by atoms with van der Waals surface area (Å²) in [4.78, 5) is 6.56. The summed E-state index contributed by atoms with van der Waals surface area (Å²) in [7, 11) is 2.11. The summed E-state index contributed by atoms with van der Waals surface area (Å²) < 4.78 is 1.04. The molecular weight excluding hydrogens is 216 g/mol. The van der Waals surface area contributed by atoms with E-state index in [0.29, 0.717) is 0 Å². The monoisotopic (exact) mass is 226 g/mol. The standard InChI is InChI=1S/C9H11BrN2/c1-12(8-3-4-8)9-5-2-7(10)6-11-9/h2,5-6,8H,3-4H2,1H3. The second-order valence-electron chi connectivity index (χ2n) is 3.18. The van der Waals surface area contributed by atoms with Crippen molar-refractivity contribution >= 4 is 21.7 Å². The molecule has 1 aromatic rings. The van der Waals surface area contributed by atoms with E-state index in [1.165, 1.54) is 12.8 Å². The highest BCUT2D eigenvalue weighted by molar-refractivity contribution is 9.10. The number of pyridine rings is 1. The number of aromatic nitrogens is 1. The minimum Gasteiger partial charge on any atom is -0.357 e. The Bertz CT molecular complexity index is 266. The van der Waals surface area contributed by atoms with Crippen molar-refractivity contribution in [2.75, 3.05) is 11.9 Å². The van der Waals surface area contributed by atoms with Crippen molar-refractivity contribution in [1.29, 1.82) is 0 Å². The van der Waals surface area contributed by atoms with Crippen LogP contribution in [0.1, 0.15) is 12.8 Å². The Balaban J connectivity index is 2.16. The Hall–Kier alpha value is -0.570. The van der Waals surface area contributed by atoms with Gasteiger partial charge in [0.1, 0.15) is 5.82 Å². The lowest BCUT2D eigenvalue weighted by molar-refractivity contribution is 0.891. The van der Waals surface area contributed by atoms with Crippen LogP contribution in [0.3, 0.4) is 0 Å². The largest absolute Gasteiger partial charge is 0.357 e. The molecule has 64 valence electrons. The molecule has 2 rings (SSSR count). The fourth-order valence-corrected chi connectivity index (χ4v) is 1.46. The molecule has 0 atom stereocenters. The summed E-state index contributed by atoms with van der Waals surface area (Å²) in [6, 6.07) is 4.81. The summed E-state index contributed by atoms with van der Waals surface area (Å²) in [5, 5.41) is 0. The van der Waals surface area contributed by atoms with Crippen LogP contribution in [0.4, 0.5) is 5.82 Å². The van der Waals surface area contributed by atoms with Crippen LogP contribution >= 0.6 is 15.9 Å². The second kappa shape index (κ2) is 3.05. The first kappa shape index (κ1) is 8.05. The van der Waals surface area contributed by atoms with Gasteiger partial charge in [-0.15, -0.1) is 0 Å². The van der Waals surface area contributed by atoms with Gasteiger partial charge in [0.25, 0.3) is 0 Å². The van der Waals surface area contributed by atoms with Gasteiger partial charge in [-0.05, 0) is 40.9 Å². The Kier molecular flexibility index (Phi) is 2.05. The molecule has 0 aliphatic heterocycles. The Morgan fingerprint density at radius 2 is 2.25 bits per heavy atom. The van der Waals surface area contributed by atoms with Crippen molar-refractivity contribution in [2.24, 2.45) is 0 Å². The number of rotatable bonds is 2. The van der Waals surface area contributed by atoms with E-state index in [4.69, 9.17) is 0 Å². The van der Waals surface area contributed by atoms with Gasteiger partial charge in [0.15, 0.2) is 0 Å². The highest BCUT2D eigenvalue weighted by Crippen LogP contribution is 2.29. The summed E-state index contributed by atoms with van der Waals surface area (Å²) in [6.07, 6.45) is 4.47. The van der Waals surface area contributed by atoms with Crippen LogP contribution in [-0.2, 0) is 0 Å². The first-order valence-corrected chi connectivity index (χ1v) is 4.91. The Morgan fingerprint density at radius 3 is 2.75 bits per heavy atom. The van der Waals surface area contributed by atoms with Gasteiger partial charge < -0.3 is 4.90 Å². The average molecular weight is 227 g/mol. The van der Waals surface area contributed by atoms with Crippen molar-refractivity contribution in [3.8, 4) is 0 Å². The second-order valence-corrected chi connectivity index (χ2v) is 4.09. The normalized spacial score (nSPS) is 16.2. The number of anilines is 1. The van der Waals surface area contributed by atoms with E-state index < -0.39 is 0 Å². The van der Waals surface area contributed by atoms with Crippen molar-refractivity contribution < 1.29 is 0 Å². The van der Waals surface area contributed by atoms with E-state index in [2.05, 4.69) is 32.9 Å². The van der Waals surface area contributed by atoms with Gasteiger partial charge in [0, 0.05) is 23.8 Å². The zero-order chi connectivity index (χ0) is 8.55. The molecule has 3 heteroatoms. The zero-order valence-electron chi connectivity index (χ0n) is 7.00. The minimum absolute atomic E-state index is 0.735. The molecular formula is C9H11BrN2. The summed E-state index contributed by atoms with van der Waals surface area (Å²) in [5.74, 6) is 1.07. The van der Waals surface area contributed by atoms with Crippen molar-refractivity contribution in [3.63, 3.8) is 0 Å². The molecule has 1 aliphatic carbocycles. The third kappa shape index (κ3) is 1.61. The van der Waals surface area contributed by atoms with Crippen LogP contribution in [0, 0.1) is 0 Å². The topological polar surface area (TPSA) is 16.1 Å². The van der Waals surface area contributed by atoms with Crippen LogP contribution in [0.25, 0.3) is 0 Å². The van der Waals surface area contributed by atoms with Gasteiger partial charge in [-0.2, -0.15) is 0 Å². The number of nitrogens with zero attached hydrogens (tertiary/aromatic N) is 2. The van der Waals surface area contributed by atoms with Gasteiger partial charge in [0.2, 0.25) is 0 Å². The zero-order valence-corrected chi connectivity index (χ0v) is 8.58. The minimum atomic E-state index is 0.735. The molecule has 0 amide bonds. The van der Waals surface area contributed by atoms with E-state index in [-0.39, 0.29) is 0 Å². The van der Waals surface area contributed by atoms with Crippen molar-refractivity contribution in [2.45, 2.75) is 18.9 Å². The van der Waals surface area contributed by atoms with E-state index >= 15 is 0 Å². The molecule has 1 aromatic heterocycles. The summed E-state index contributed by atoms with van der Waals surface area (Å²) >= 11 is 3.37. The molecule has 1 saturated carbocycles. The van der Waals surface area contributed by atoms with Gasteiger partial charge in [-0.1, -0.05) is 0 Å². The van der Waals surface area contributed by atoms with Gasteiger partial charge in [0.05, 0.1) is 0 Å². The predicted octanol–water partition coefficient (Wildman–Crippen LogP) is 2.44. The number of halogens is 1. The van der Waals surface area contributed by atoms with Crippen molar-refractivity contribution in [3.05, 3.63) is 22.8 Å². The summed E-state index contributed by atoms with van der Waals surface area (Å²) in [6.45, 7) is 0. The van der Waals surface area contributed by atoms with Crippen LogP contribution in [0.15, 0.2) is 22.8 Å². The van der Waals surface area contributed by atoms with Gasteiger partial charge >= 0.3 is 0 Å². The van der Waals surface area contributed by atoms with Crippen LogP contribution in [0.5, 0.6) is 0 Å². The number of hydrogen-bond donors (Lipinski definition) is 0. The molecule has 0 saturated heterocycles. The molecule has 1 aliphatic rings. The van der Waals surface area contributed by atoms with Crippen LogP contribution < -0.4 is 4.90 Å². The van der Waals surface area contributed by atoms with Crippen molar-refractivity contribution in [1.82, 2.24) is 4.98 Å². The van der Waals surface area contributed by atoms with E-state index in [1.807, 2.05) is 18.3 Å². The quantitative estimate of drug-likeness (QED) is 0.771. The van der Waals surface area contributed by atoms with Crippen LogP contribution in [-0.4, -0.2) is 18.1 Å². The van der Waals surface area contributed by atoms with Crippen LogP contribution in [0.2, 0.25) is 0 Å². The van der Waals surface area contributed by atoms with Gasteiger partial charge in [-0.3, -0.25) is 0 Å². The van der Waals surface area contributed by atoms with E-state index in [0.717, 1.165) is 16.3 Å². The Labute approximate surface area is 80.7 Å². The molecule has 0 spiro atoms. The first-order chi connectivity index (χ1) is 5.77. The maximum Gasteiger partial charge on any atom is 0.128 e. The van der Waals surface area contributed by atoms with Gasteiger partial charge in [-0.25, -0.2) is 4.98 Å². The molecule has 12 heavy (non-hydrogen) atoms. The smallest absolute Gasteiger partial charge is 0.128 e. The fourth-order valence-electron chi connectivity index (χ4n) is 1.23. The predicted molar refractivity (Wildman–Crippen MR) is 53.4 cm³/mol. The Morgan fingerprint density at radius 1 is 1.50 bits per heavy atom. The maximum atomic E-state index is 4.32. The lowest BCUT2D eigenvalue weighted by Crippen LogP contribution is -2.20. The molecule has 0 N–H and O–H groups in total. The molecule has 0 unspecified atom stereocenters. The molecule has 0 aromatic carbocycles. The highest BCUT2D eigenvalue weighted by Gasteiger charge is 2.26. The lowest BCUT2D eigenvalue weighted by Gasteiger charge is -2.16. The molecule has 0 bridgehead atoms. The first-order valence-electron chi connectivity index (χ1n) is 4.12. The lowest BCUT2D eigenvalue weighted by atomic mass is 10.4. The summed E-state index contributed by atoms with van der Waals surface area (Å²) in [5.41, 5.74) is 0. The third-order valence-corrected chi connectivity index (χ3v) is 2.64. The average Bonchev–Trinajstić information content (AvgIpc) is 2.87. The maximum absolute atomic E-state index is 4.32. The highest BCUT2D eigenvalue weighted by atomic mass is 79.9. The number of hydrogen-bond acceptors (Lipinski definition) is 2. The molecule has 2 nitrogen and oxygen atoms in total. The SMILES string of the molecule is CN(c1ccc(Br)cn1)C1CC1.